The standard InChI is InChI=1S/C35H50N13O18P3S/c36-24-5-6-46(35(51)43-24)25-9-18(49)21(62-25)12-60-68(54,55)65-20-11-27(48-17-42-29-32(48)44-34(38)45-33(29)50)64-23(20)14-61-69(56,57)66-19-10-26(47-16-41-28-30(37)39-15-40-31(28)47)63-22(19)13-59-67(52,53)58-7-3-1-2-4-8-70/h5-6,15-23,25-27,49,70H,1-4,7-14H2,(H,52,53)(H,54,55)(H,56,57)(H2,36,43,51)(H2,37,39,40)(H3,38,44,45,50)/t18-,19-,20-,21-,22-,23-,25-,26-,27-/m1/s1. The van der Waals surface area contributed by atoms with E-state index < -0.39 is 110 Å². The Kier molecular flexibility index (Phi) is 16.2. The minimum Gasteiger partial charge on any atom is -0.390 e. The molecule has 5 aromatic heterocycles. The number of aromatic amines is 1. The van der Waals surface area contributed by atoms with Crippen molar-refractivity contribution >= 4 is 76.0 Å². The molecule has 3 aliphatic rings. The van der Waals surface area contributed by atoms with Crippen LogP contribution in [0.2, 0.25) is 0 Å². The van der Waals surface area contributed by atoms with Crippen molar-refractivity contribution in [1.29, 1.82) is 0 Å². The summed E-state index contributed by atoms with van der Waals surface area (Å²) in [5.41, 5.74) is 16.2. The number of nitrogens with one attached hydrogen (secondary N) is 1. The van der Waals surface area contributed by atoms with E-state index in [4.69, 9.17) is 58.6 Å². The maximum absolute atomic E-state index is 13.8. The number of anilines is 3. The van der Waals surface area contributed by atoms with Crippen LogP contribution in [0.5, 0.6) is 0 Å². The van der Waals surface area contributed by atoms with Gasteiger partial charge in [0.1, 0.15) is 66.9 Å². The molecule has 0 amide bonds. The van der Waals surface area contributed by atoms with Crippen molar-refractivity contribution in [2.45, 2.75) is 100 Å². The lowest BCUT2D eigenvalue weighted by Gasteiger charge is -2.25. The monoisotopic (exact) mass is 1070 g/mol. The molecule has 0 bridgehead atoms. The lowest BCUT2D eigenvalue weighted by atomic mass is 10.2. The van der Waals surface area contributed by atoms with Crippen LogP contribution in [0.1, 0.15) is 63.6 Å². The van der Waals surface area contributed by atoms with Crippen LogP contribution in [0.25, 0.3) is 22.3 Å². The van der Waals surface area contributed by atoms with Crippen molar-refractivity contribution in [3.8, 4) is 0 Å². The maximum atomic E-state index is 13.8. The number of fused-ring (bicyclic) bond motifs is 2. The van der Waals surface area contributed by atoms with Crippen LogP contribution >= 0.6 is 36.1 Å². The number of H-pyrrole nitrogens is 1. The highest BCUT2D eigenvalue weighted by Gasteiger charge is 2.47. The highest BCUT2D eigenvalue weighted by atomic mass is 32.1. The quantitative estimate of drug-likeness (QED) is 0.0248. The summed E-state index contributed by atoms with van der Waals surface area (Å²) in [6, 6.07) is 1.35. The molecular formula is C35H50N13O18P3S. The zero-order valence-corrected chi connectivity index (χ0v) is 40.2. The van der Waals surface area contributed by atoms with E-state index in [2.05, 4.69) is 47.5 Å². The van der Waals surface area contributed by atoms with Gasteiger partial charge >= 0.3 is 29.2 Å². The second kappa shape index (κ2) is 21.8. The largest absolute Gasteiger partial charge is 0.472 e. The summed E-state index contributed by atoms with van der Waals surface area (Å²) in [7, 11) is -15.0. The highest BCUT2D eigenvalue weighted by Crippen LogP contribution is 2.53. The van der Waals surface area contributed by atoms with Crippen molar-refractivity contribution in [1.82, 2.24) is 48.6 Å². The first kappa shape index (κ1) is 52.0. The normalized spacial score (nSPS) is 27.5. The lowest BCUT2D eigenvalue weighted by molar-refractivity contribution is -0.0605. The minimum absolute atomic E-state index is 0.0380. The number of aromatic nitrogens is 10. The number of hydrogen-bond acceptors (Lipinski definition) is 25. The average Bonchev–Trinajstić information content (AvgIpc) is 4.14. The van der Waals surface area contributed by atoms with Gasteiger partial charge in [-0.25, -0.2) is 38.4 Å². The molecule has 0 spiro atoms. The molecule has 31 nitrogen and oxygen atoms in total. The topological polar surface area (TPSA) is 435 Å². The SMILES string of the molecule is Nc1ccn([C@H]2C[C@@H](O)[C@@H](COP(=O)(O)O[C@@H]3C[C@H](n4cnc5c(=O)[nH]c(N)nc54)O[C@@H]3COP(=O)(O)O[C@@H]3C[C@H](n4cnc5c(N)ncnc54)O[C@@H]3COP(=O)(O)OCCCCCCS)O2)c(=O)n1. The third-order valence-corrected chi connectivity index (χ3v) is 14.6. The van der Waals surface area contributed by atoms with Crippen LogP contribution in [0.15, 0.2) is 40.8 Å². The van der Waals surface area contributed by atoms with Crippen LogP contribution in [0, 0.1) is 0 Å². The molecule has 0 radical (unpaired) electrons. The summed E-state index contributed by atoms with van der Waals surface area (Å²) in [6.07, 6.45) is -4.05. The van der Waals surface area contributed by atoms with Gasteiger partial charge in [0.25, 0.3) is 5.56 Å². The highest BCUT2D eigenvalue weighted by molar-refractivity contribution is 7.80. The van der Waals surface area contributed by atoms with Gasteiger partial charge in [0.15, 0.2) is 22.6 Å². The third-order valence-electron chi connectivity index (χ3n) is 11.2. The molecule has 3 saturated heterocycles. The summed E-state index contributed by atoms with van der Waals surface area (Å²) in [5.74, 6) is 0.460. The molecule has 70 heavy (non-hydrogen) atoms. The smallest absolute Gasteiger partial charge is 0.390 e. The van der Waals surface area contributed by atoms with Crippen LogP contribution in [0.4, 0.5) is 17.6 Å². The van der Waals surface area contributed by atoms with Gasteiger partial charge < -0.3 is 51.2 Å². The van der Waals surface area contributed by atoms with E-state index in [0.717, 1.165) is 23.8 Å². The fourth-order valence-electron chi connectivity index (χ4n) is 7.87. The molecule has 11 N–H and O–H groups in total. The van der Waals surface area contributed by atoms with E-state index in [1.165, 1.54) is 40.4 Å². The Morgan fingerprint density at radius 1 is 0.700 bits per heavy atom. The van der Waals surface area contributed by atoms with Gasteiger partial charge in [0, 0.05) is 25.5 Å². The van der Waals surface area contributed by atoms with Crippen LogP contribution < -0.4 is 28.5 Å². The Bertz CT molecular complexity index is 2910. The summed E-state index contributed by atoms with van der Waals surface area (Å²) in [5, 5.41) is 10.7. The predicted octanol–water partition coefficient (Wildman–Crippen LogP) is 0.815. The first-order valence-corrected chi connectivity index (χ1v) is 26.6. The van der Waals surface area contributed by atoms with Crippen LogP contribution in [0.3, 0.4) is 0 Å². The molecule has 35 heteroatoms. The molecule has 3 unspecified atom stereocenters. The fourth-order valence-corrected chi connectivity index (χ4v) is 10.8. The van der Waals surface area contributed by atoms with Gasteiger partial charge in [-0.15, -0.1) is 0 Å². The number of thiol groups is 1. The number of nitrogen functional groups attached to an aromatic ring is 3. The predicted molar refractivity (Wildman–Crippen MR) is 242 cm³/mol. The van der Waals surface area contributed by atoms with Crippen molar-refractivity contribution in [2.75, 3.05) is 49.4 Å². The second-order valence-electron chi connectivity index (χ2n) is 16.1. The second-order valence-corrected chi connectivity index (χ2v) is 20.8. The molecule has 0 saturated carbocycles. The Morgan fingerprint density at radius 2 is 1.27 bits per heavy atom. The number of nitrogens with two attached hydrogens (primary N) is 3. The molecule has 0 aliphatic carbocycles. The number of phosphoric ester groups is 3. The average molecular weight is 1070 g/mol. The Morgan fingerprint density at radius 3 is 1.91 bits per heavy atom. The number of rotatable bonds is 23. The molecule has 384 valence electrons. The minimum atomic E-state index is -5.21. The van der Waals surface area contributed by atoms with Gasteiger partial charge in [0.05, 0.1) is 45.2 Å². The molecular weight excluding hydrogens is 1020 g/mol. The fraction of sp³-hybridized carbons (Fsp3) is 0.600. The van der Waals surface area contributed by atoms with E-state index in [1.54, 1.807) is 0 Å². The van der Waals surface area contributed by atoms with Gasteiger partial charge in [0.2, 0.25) is 5.95 Å². The number of hydrogen-bond donors (Lipinski definition) is 9. The van der Waals surface area contributed by atoms with Gasteiger partial charge in [-0.3, -0.25) is 50.6 Å². The number of imidazole rings is 2. The number of nitrogens with zero attached hydrogens (tertiary/aromatic N) is 9. The zero-order valence-electron chi connectivity index (χ0n) is 36.6. The van der Waals surface area contributed by atoms with Crippen molar-refractivity contribution in [3.63, 3.8) is 0 Å². The number of aliphatic hydroxyl groups excluding tert-OH is 1. The summed E-state index contributed by atoms with van der Waals surface area (Å²) < 4.78 is 94.2. The van der Waals surface area contributed by atoms with Gasteiger partial charge in [-0.1, -0.05) is 12.8 Å². The van der Waals surface area contributed by atoms with E-state index in [0.29, 0.717) is 12.2 Å². The molecule has 3 aliphatic heterocycles. The summed E-state index contributed by atoms with van der Waals surface area (Å²) in [6.45, 7) is -2.33. The maximum Gasteiger partial charge on any atom is 0.472 e. The summed E-state index contributed by atoms with van der Waals surface area (Å²) >= 11 is 4.17. The van der Waals surface area contributed by atoms with Crippen molar-refractivity contribution in [2.24, 2.45) is 0 Å². The number of phosphoric acid groups is 3. The molecule has 8 heterocycles. The van der Waals surface area contributed by atoms with E-state index in [-0.39, 0.29) is 65.8 Å². The zero-order chi connectivity index (χ0) is 50.0. The van der Waals surface area contributed by atoms with E-state index in [9.17, 15) is 43.1 Å². The van der Waals surface area contributed by atoms with Gasteiger partial charge in [-0.2, -0.15) is 22.6 Å². The molecule has 0 aromatic carbocycles. The molecule has 8 rings (SSSR count). The van der Waals surface area contributed by atoms with Crippen molar-refractivity contribution < 1.29 is 74.8 Å². The molecule has 5 aromatic rings. The number of unbranched alkanes of at least 4 members (excludes halogenated alkanes) is 3. The van der Waals surface area contributed by atoms with E-state index in [1.807, 2.05) is 0 Å². The van der Waals surface area contributed by atoms with Crippen molar-refractivity contribution in [3.05, 3.63) is 52.1 Å². The molecule has 12 atom stereocenters. The van der Waals surface area contributed by atoms with Gasteiger partial charge in [-0.05, 0) is 24.7 Å². The first-order chi connectivity index (χ1) is 33.3. The van der Waals surface area contributed by atoms with Crippen LogP contribution in [-0.2, 0) is 55.0 Å². The Hall–Kier alpha value is -4.30. The Balaban J connectivity index is 0.963. The summed E-state index contributed by atoms with van der Waals surface area (Å²) in [4.78, 5) is 84.1. The lowest BCUT2D eigenvalue weighted by Crippen LogP contribution is -2.31. The number of aliphatic hydroxyl groups is 1. The van der Waals surface area contributed by atoms with Crippen LogP contribution in [-0.4, -0.2) is 137 Å². The van der Waals surface area contributed by atoms with E-state index >= 15 is 0 Å². The number of ether oxygens (including phenoxy) is 3. The first-order valence-electron chi connectivity index (χ1n) is 21.5. The molecule has 3 fully saturated rings. The third kappa shape index (κ3) is 12.5. The Labute approximate surface area is 400 Å².